The zero-order valence-corrected chi connectivity index (χ0v) is 15.7. The van der Waals surface area contributed by atoms with E-state index in [-0.39, 0.29) is 5.82 Å². The number of aryl methyl sites for hydroxylation is 1. The first kappa shape index (κ1) is 19.8. The number of hydrogen-bond donors (Lipinski definition) is 1. The smallest absolute Gasteiger partial charge is 0.146 e. The highest BCUT2D eigenvalue weighted by Gasteiger charge is 2.19. The molecule has 3 heteroatoms. The molecule has 0 aromatic heterocycles. The molecule has 1 aliphatic heterocycles. The van der Waals surface area contributed by atoms with Gasteiger partial charge in [-0.1, -0.05) is 46.5 Å². The van der Waals surface area contributed by atoms with E-state index in [2.05, 4.69) is 31.0 Å². The number of rotatable bonds is 5. The molecule has 0 unspecified atom stereocenters. The third-order valence-electron chi connectivity index (χ3n) is 4.64. The van der Waals surface area contributed by atoms with Crippen LogP contribution in [0.2, 0.25) is 0 Å². The van der Waals surface area contributed by atoms with Gasteiger partial charge in [0, 0.05) is 25.8 Å². The molecule has 1 fully saturated rings. The van der Waals surface area contributed by atoms with Crippen LogP contribution in [0.5, 0.6) is 0 Å². The van der Waals surface area contributed by atoms with Gasteiger partial charge in [-0.15, -0.1) is 0 Å². The largest absolute Gasteiger partial charge is 0.388 e. The number of unbranched alkanes of at least 4 members (excludes halogenated alkanes) is 3. The molecule has 0 radical (unpaired) electrons. The zero-order valence-electron chi connectivity index (χ0n) is 15.7. The van der Waals surface area contributed by atoms with Crippen molar-refractivity contribution in [1.29, 1.82) is 0 Å². The fraction of sp³-hybridized carbons (Fsp3) is 0.700. The highest BCUT2D eigenvalue weighted by atomic mass is 19.1. The summed E-state index contributed by atoms with van der Waals surface area (Å²) in [5.74, 6) is 0.666. The summed E-state index contributed by atoms with van der Waals surface area (Å²) < 4.78 is 14.0. The fourth-order valence-corrected chi connectivity index (χ4v) is 2.92. The van der Waals surface area contributed by atoms with Gasteiger partial charge in [-0.3, -0.25) is 0 Å². The van der Waals surface area contributed by atoms with Crippen LogP contribution in [0.15, 0.2) is 12.1 Å². The van der Waals surface area contributed by atoms with E-state index in [1.54, 1.807) is 6.07 Å². The summed E-state index contributed by atoms with van der Waals surface area (Å²) in [7, 11) is 1.88. The molecule has 0 spiro atoms. The summed E-state index contributed by atoms with van der Waals surface area (Å²) in [6, 6.07) is 3.56. The van der Waals surface area contributed by atoms with Crippen LogP contribution in [0.4, 0.5) is 15.8 Å². The maximum Gasteiger partial charge on any atom is 0.146 e. The van der Waals surface area contributed by atoms with Crippen molar-refractivity contribution in [2.75, 3.05) is 30.4 Å². The maximum absolute atomic E-state index is 14.0. The second kappa shape index (κ2) is 10.5. The van der Waals surface area contributed by atoms with Crippen molar-refractivity contribution < 1.29 is 4.39 Å². The van der Waals surface area contributed by atoms with Gasteiger partial charge >= 0.3 is 0 Å². The Morgan fingerprint density at radius 1 is 1.13 bits per heavy atom. The lowest BCUT2D eigenvalue weighted by Gasteiger charge is -2.32. The van der Waals surface area contributed by atoms with Crippen LogP contribution >= 0.6 is 0 Å². The van der Waals surface area contributed by atoms with E-state index < -0.39 is 0 Å². The molecule has 1 aromatic rings. The van der Waals surface area contributed by atoms with Crippen LogP contribution in [-0.2, 0) is 0 Å². The molecule has 1 heterocycles. The van der Waals surface area contributed by atoms with Gasteiger partial charge in [0.2, 0.25) is 0 Å². The lowest BCUT2D eigenvalue weighted by molar-refractivity contribution is 0.434. The molecule has 0 amide bonds. The molecule has 2 rings (SSSR count). The SMILES string of the molecule is CCCCCC.CNc1cc(N2CCC(C)CC2)c(F)cc1C. The summed E-state index contributed by atoms with van der Waals surface area (Å²) in [6.45, 7) is 10.6. The molecule has 0 atom stereocenters. The molecule has 1 N–H and O–H groups in total. The Morgan fingerprint density at radius 2 is 1.70 bits per heavy atom. The van der Waals surface area contributed by atoms with Crippen molar-refractivity contribution in [2.45, 2.75) is 66.2 Å². The second-order valence-electron chi connectivity index (χ2n) is 6.75. The molecular weight excluding hydrogens is 287 g/mol. The van der Waals surface area contributed by atoms with E-state index in [1.807, 2.05) is 20.0 Å². The van der Waals surface area contributed by atoms with Gasteiger partial charge in [-0.05, 0) is 43.4 Å². The first-order valence-electron chi connectivity index (χ1n) is 9.26. The lowest BCUT2D eigenvalue weighted by Crippen LogP contribution is -2.33. The Bertz CT molecular complexity index is 447. The van der Waals surface area contributed by atoms with Crippen LogP contribution in [0, 0.1) is 18.7 Å². The zero-order chi connectivity index (χ0) is 17.2. The number of hydrogen-bond acceptors (Lipinski definition) is 2. The minimum absolute atomic E-state index is 0.101. The summed E-state index contributed by atoms with van der Waals surface area (Å²) in [6.07, 6.45) is 7.85. The van der Waals surface area contributed by atoms with Crippen LogP contribution in [0.25, 0.3) is 0 Å². The van der Waals surface area contributed by atoms with Crippen LogP contribution in [-0.4, -0.2) is 20.1 Å². The van der Waals surface area contributed by atoms with Crippen molar-refractivity contribution in [3.8, 4) is 0 Å². The van der Waals surface area contributed by atoms with E-state index in [1.165, 1.54) is 25.7 Å². The van der Waals surface area contributed by atoms with E-state index in [0.29, 0.717) is 0 Å². The summed E-state index contributed by atoms with van der Waals surface area (Å²) >= 11 is 0. The summed E-state index contributed by atoms with van der Waals surface area (Å²) in [5.41, 5.74) is 2.71. The minimum Gasteiger partial charge on any atom is -0.388 e. The third kappa shape index (κ3) is 6.40. The normalized spacial score (nSPS) is 15.1. The van der Waals surface area contributed by atoms with Crippen molar-refractivity contribution in [3.63, 3.8) is 0 Å². The minimum atomic E-state index is -0.101. The number of nitrogens with zero attached hydrogens (tertiary/aromatic N) is 1. The van der Waals surface area contributed by atoms with E-state index in [0.717, 1.165) is 48.8 Å². The monoisotopic (exact) mass is 322 g/mol. The average Bonchev–Trinajstić information content (AvgIpc) is 2.55. The van der Waals surface area contributed by atoms with Gasteiger partial charge in [-0.25, -0.2) is 4.39 Å². The Morgan fingerprint density at radius 3 is 2.17 bits per heavy atom. The Hall–Kier alpha value is -1.25. The number of benzene rings is 1. The van der Waals surface area contributed by atoms with Crippen molar-refractivity contribution >= 4 is 11.4 Å². The Balaban J connectivity index is 0.000000379. The predicted molar refractivity (Wildman–Crippen MR) is 101 cm³/mol. The third-order valence-corrected chi connectivity index (χ3v) is 4.64. The molecular formula is C20H35FN2. The van der Waals surface area contributed by atoms with Gasteiger partial charge in [0.15, 0.2) is 0 Å². The molecule has 1 aliphatic rings. The first-order chi connectivity index (χ1) is 11.0. The molecule has 1 aromatic carbocycles. The highest BCUT2D eigenvalue weighted by molar-refractivity contribution is 5.62. The molecule has 0 saturated carbocycles. The molecule has 23 heavy (non-hydrogen) atoms. The number of piperidine rings is 1. The van der Waals surface area contributed by atoms with E-state index in [9.17, 15) is 4.39 Å². The fourth-order valence-electron chi connectivity index (χ4n) is 2.92. The van der Waals surface area contributed by atoms with Crippen molar-refractivity contribution in [3.05, 3.63) is 23.5 Å². The molecule has 0 bridgehead atoms. The maximum atomic E-state index is 14.0. The molecule has 1 saturated heterocycles. The Kier molecular flexibility index (Phi) is 9.05. The standard InChI is InChI=1S/C14H21FN2.C6H14/c1-10-4-6-17(7-5-10)14-9-13(16-3)11(2)8-12(14)15;1-3-5-6-4-2/h8-10,16H,4-7H2,1-3H3;3-6H2,1-2H3. The lowest BCUT2D eigenvalue weighted by atomic mass is 9.98. The van der Waals surface area contributed by atoms with Crippen LogP contribution < -0.4 is 10.2 Å². The number of nitrogens with one attached hydrogen (secondary N) is 1. The average molecular weight is 323 g/mol. The van der Waals surface area contributed by atoms with Crippen LogP contribution in [0.3, 0.4) is 0 Å². The van der Waals surface area contributed by atoms with Crippen molar-refractivity contribution in [2.24, 2.45) is 5.92 Å². The van der Waals surface area contributed by atoms with Gasteiger partial charge in [-0.2, -0.15) is 0 Å². The second-order valence-corrected chi connectivity index (χ2v) is 6.75. The molecule has 132 valence electrons. The summed E-state index contributed by atoms with van der Waals surface area (Å²) in [5, 5.41) is 3.12. The van der Waals surface area contributed by atoms with E-state index >= 15 is 0 Å². The van der Waals surface area contributed by atoms with Crippen LogP contribution in [0.1, 0.15) is 64.9 Å². The van der Waals surface area contributed by atoms with Gasteiger partial charge in [0.25, 0.3) is 0 Å². The number of halogens is 1. The molecule has 0 aliphatic carbocycles. The first-order valence-corrected chi connectivity index (χ1v) is 9.26. The quantitative estimate of drug-likeness (QED) is 0.669. The van der Waals surface area contributed by atoms with Crippen molar-refractivity contribution in [1.82, 2.24) is 0 Å². The van der Waals surface area contributed by atoms with E-state index in [4.69, 9.17) is 0 Å². The predicted octanol–water partition coefficient (Wildman–Crippen LogP) is 6.00. The highest BCUT2D eigenvalue weighted by Crippen LogP contribution is 2.29. The van der Waals surface area contributed by atoms with Gasteiger partial charge in [0.05, 0.1) is 5.69 Å². The number of anilines is 2. The Labute approximate surface area is 142 Å². The van der Waals surface area contributed by atoms with Gasteiger partial charge in [0.1, 0.15) is 5.82 Å². The molecule has 2 nitrogen and oxygen atoms in total. The topological polar surface area (TPSA) is 15.3 Å². The summed E-state index contributed by atoms with van der Waals surface area (Å²) in [4.78, 5) is 2.16. The van der Waals surface area contributed by atoms with Gasteiger partial charge < -0.3 is 10.2 Å².